The predicted molar refractivity (Wildman–Crippen MR) is 116 cm³/mol. The molecule has 0 saturated carbocycles. The first-order valence-corrected chi connectivity index (χ1v) is 11.3. The quantitative estimate of drug-likeness (QED) is 0.747. The lowest BCUT2D eigenvalue weighted by atomic mass is 10.1. The minimum Gasteiger partial charge on any atom is -0.495 e. The fourth-order valence-electron chi connectivity index (χ4n) is 3.38. The number of benzene rings is 2. The number of carbonyl (C=O) groups excluding carboxylic acids is 1. The van der Waals surface area contributed by atoms with Crippen LogP contribution in [0.1, 0.15) is 29.8 Å². The van der Waals surface area contributed by atoms with Crippen molar-refractivity contribution < 1.29 is 22.7 Å². The van der Waals surface area contributed by atoms with Crippen molar-refractivity contribution in [3.05, 3.63) is 52.5 Å². The minimum absolute atomic E-state index is 0.139. The summed E-state index contributed by atoms with van der Waals surface area (Å²) < 4.78 is 38.2. The smallest absolute Gasteiger partial charge is 0.255 e. The molecule has 0 spiro atoms. The SMILES string of the molecule is COc1cc(Cl)c(C)cc1NC(=O)c1ccc(S(=O)(=O)N2C[C@H](C)O[C@@H](C)C2)cc1. The molecule has 1 fully saturated rings. The van der Waals surface area contributed by atoms with E-state index >= 15 is 0 Å². The van der Waals surface area contributed by atoms with Gasteiger partial charge in [-0.1, -0.05) is 11.6 Å². The number of aryl methyl sites for hydroxylation is 1. The summed E-state index contributed by atoms with van der Waals surface area (Å²) >= 11 is 6.10. The second-order valence-electron chi connectivity index (χ2n) is 7.36. The van der Waals surface area contributed by atoms with Crippen LogP contribution in [0.25, 0.3) is 0 Å². The highest BCUT2D eigenvalue weighted by Gasteiger charge is 2.32. The molecular formula is C21H25ClN2O5S. The molecule has 0 unspecified atom stereocenters. The van der Waals surface area contributed by atoms with Gasteiger partial charge in [0.25, 0.3) is 5.91 Å². The van der Waals surface area contributed by atoms with Crippen LogP contribution in [0.4, 0.5) is 5.69 Å². The lowest BCUT2D eigenvalue weighted by molar-refractivity contribution is -0.0440. The van der Waals surface area contributed by atoms with Crippen LogP contribution in [0, 0.1) is 6.92 Å². The van der Waals surface area contributed by atoms with Crippen LogP contribution in [0.5, 0.6) is 5.75 Å². The number of sulfonamides is 1. The van der Waals surface area contributed by atoms with Crippen LogP contribution in [0.3, 0.4) is 0 Å². The van der Waals surface area contributed by atoms with Crippen molar-refractivity contribution in [1.29, 1.82) is 0 Å². The number of morpholine rings is 1. The molecule has 1 N–H and O–H groups in total. The van der Waals surface area contributed by atoms with Crippen molar-refractivity contribution in [1.82, 2.24) is 4.31 Å². The van der Waals surface area contributed by atoms with Crippen LogP contribution in [-0.2, 0) is 14.8 Å². The van der Waals surface area contributed by atoms with Crippen molar-refractivity contribution in [2.75, 3.05) is 25.5 Å². The molecule has 3 rings (SSSR count). The Balaban J connectivity index is 1.79. The number of carbonyl (C=O) groups is 1. The van der Waals surface area contributed by atoms with E-state index in [1.807, 2.05) is 20.8 Å². The lowest BCUT2D eigenvalue weighted by Gasteiger charge is -2.34. The molecule has 1 aliphatic rings. The van der Waals surface area contributed by atoms with Crippen molar-refractivity contribution in [2.45, 2.75) is 37.9 Å². The van der Waals surface area contributed by atoms with E-state index < -0.39 is 10.0 Å². The Bertz CT molecular complexity index is 1030. The molecule has 7 nitrogen and oxygen atoms in total. The van der Waals surface area contributed by atoms with Gasteiger partial charge in [0.1, 0.15) is 5.75 Å². The number of rotatable bonds is 5. The van der Waals surface area contributed by atoms with Gasteiger partial charge in [-0.15, -0.1) is 0 Å². The number of amides is 1. The Kier molecular flexibility index (Phi) is 6.71. The van der Waals surface area contributed by atoms with Crippen LogP contribution in [0.2, 0.25) is 5.02 Å². The van der Waals surface area contributed by atoms with Crippen molar-refractivity contribution in [3.63, 3.8) is 0 Å². The molecule has 0 aliphatic carbocycles. The van der Waals surface area contributed by atoms with Gasteiger partial charge in [-0.3, -0.25) is 4.79 Å². The van der Waals surface area contributed by atoms with Crippen LogP contribution >= 0.6 is 11.6 Å². The fourth-order valence-corrected chi connectivity index (χ4v) is 5.12. The van der Waals surface area contributed by atoms with Gasteiger partial charge in [0.05, 0.1) is 29.9 Å². The Morgan fingerprint density at radius 3 is 2.33 bits per heavy atom. The maximum Gasteiger partial charge on any atom is 0.255 e. The van der Waals surface area contributed by atoms with Gasteiger partial charge >= 0.3 is 0 Å². The van der Waals surface area contributed by atoms with Gasteiger partial charge in [-0.05, 0) is 56.7 Å². The Hall–Kier alpha value is -2.13. The van der Waals surface area contributed by atoms with Crippen LogP contribution in [0.15, 0.2) is 41.3 Å². The molecule has 162 valence electrons. The topological polar surface area (TPSA) is 84.9 Å². The Morgan fingerprint density at radius 1 is 1.17 bits per heavy atom. The molecule has 2 atom stereocenters. The number of hydrogen-bond acceptors (Lipinski definition) is 5. The summed E-state index contributed by atoms with van der Waals surface area (Å²) in [6.45, 7) is 6.11. The third kappa shape index (κ3) is 4.78. The first-order valence-electron chi connectivity index (χ1n) is 9.53. The molecule has 2 aromatic rings. The number of anilines is 1. The molecule has 2 aromatic carbocycles. The molecular weight excluding hydrogens is 428 g/mol. The number of ether oxygens (including phenoxy) is 2. The molecule has 1 heterocycles. The summed E-state index contributed by atoms with van der Waals surface area (Å²) in [5.41, 5.74) is 1.60. The normalized spacial score (nSPS) is 20.0. The molecule has 1 aliphatic heterocycles. The van der Waals surface area contributed by atoms with Gasteiger partial charge in [0.15, 0.2) is 0 Å². The van der Waals surface area contributed by atoms with E-state index in [9.17, 15) is 13.2 Å². The summed E-state index contributed by atoms with van der Waals surface area (Å²) in [4.78, 5) is 12.8. The van der Waals surface area contributed by atoms with Crippen molar-refractivity contribution in [3.8, 4) is 5.75 Å². The van der Waals surface area contributed by atoms with Crippen molar-refractivity contribution >= 4 is 33.2 Å². The summed E-state index contributed by atoms with van der Waals surface area (Å²) in [5, 5.41) is 3.31. The molecule has 1 saturated heterocycles. The number of hydrogen-bond donors (Lipinski definition) is 1. The molecule has 1 amide bonds. The van der Waals surface area contributed by atoms with Crippen molar-refractivity contribution in [2.24, 2.45) is 0 Å². The number of methoxy groups -OCH3 is 1. The van der Waals surface area contributed by atoms with Gasteiger partial charge in [0.2, 0.25) is 10.0 Å². The van der Waals surface area contributed by atoms with E-state index in [1.165, 1.54) is 35.7 Å². The summed E-state index contributed by atoms with van der Waals surface area (Å²) in [6.07, 6.45) is -0.349. The minimum atomic E-state index is -3.66. The average molecular weight is 453 g/mol. The van der Waals surface area contributed by atoms with Gasteiger partial charge in [-0.2, -0.15) is 4.31 Å². The second-order valence-corrected chi connectivity index (χ2v) is 9.70. The standard InChI is InChI=1S/C21H25ClN2O5S/c1-13-9-19(20(28-4)10-18(13)22)23-21(25)16-5-7-17(8-6-16)30(26,27)24-11-14(2)29-15(3)12-24/h5-10,14-15H,11-12H2,1-4H3,(H,23,25)/t14-,15-/m0/s1. The largest absolute Gasteiger partial charge is 0.495 e. The highest BCUT2D eigenvalue weighted by atomic mass is 35.5. The maximum atomic E-state index is 12.9. The lowest BCUT2D eigenvalue weighted by Crippen LogP contribution is -2.48. The Labute approximate surface area is 182 Å². The average Bonchev–Trinajstić information content (AvgIpc) is 2.69. The van der Waals surface area contributed by atoms with Crippen LogP contribution < -0.4 is 10.1 Å². The van der Waals surface area contributed by atoms with Gasteiger partial charge in [0, 0.05) is 29.7 Å². The first kappa shape index (κ1) is 22.6. The number of nitrogens with one attached hydrogen (secondary N) is 1. The van der Waals surface area contributed by atoms with E-state index in [2.05, 4.69) is 5.32 Å². The monoisotopic (exact) mass is 452 g/mol. The zero-order valence-corrected chi connectivity index (χ0v) is 18.9. The van der Waals surface area contributed by atoms with Gasteiger partial charge in [-0.25, -0.2) is 8.42 Å². The van der Waals surface area contributed by atoms with E-state index in [4.69, 9.17) is 21.1 Å². The summed E-state index contributed by atoms with van der Waals surface area (Å²) in [5.74, 6) is 0.0568. The Morgan fingerprint density at radius 2 is 1.77 bits per heavy atom. The highest BCUT2D eigenvalue weighted by Crippen LogP contribution is 2.31. The molecule has 9 heteroatoms. The summed E-state index contributed by atoms with van der Waals surface area (Å²) in [6, 6.07) is 9.22. The van der Waals surface area contributed by atoms with E-state index in [-0.39, 0.29) is 23.0 Å². The first-order chi connectivity index (χ1) is 14.1. The van der Waals surface area contributed by atoms with Gasteiger partial charge < -0.3 is 14.8 Å². The number of halogens is 1. The maximum absolute atomic E-state index is 12.9. The number of nitrogens with zero attached hydrogens (tertiary/aromatic N) is 1. The molecule has 0 bridgehead atoms. The molecule has 0 aromatic heterocycles. The molecule has 30 heavy (non-hydrogen) atoms. The van der Waals surface area contributed by atoms with E-state index in [0.29, 0.717) is 35.1 Å². The predicted octanol–water partition coefficient (Wildman–Crippen LogP) is 3.71. The third-order valence-corrected chi connectivity index (χ3v) is 7.12. The van der Waals surface area contributed by atoms with E-state index in [0.717, 1.165) is 5.56 Å². The zero-order chi connectivity index (χ0) is 22.1. The fraction of sp³-hybridized carbons (Fsp3) is 0.381. The second kappa shape index (κ2) is 8.93. The highest BCUT2D eigenvalue weighted by molar-refractivity contribution is 7.89. The summed E-state index contributed by atoms with van der Waals surface area (Å²) in [7, 11) is -2.17. The third-order valence-electron chi connectivity index (χ3n) is 4.87. The molecule has 0 radical (unpaired) electrons. The zero-order valence-electron chi connectivity index (χ0n) is 17.3. The van der Waals surface area contributed by atoms with Crippen LogP contribution in [-0.4, -0.2) is 51.0 Å². The van der Waals surface area contributed by atoms with E-state index in [1.54, 1.807) is 12.1 Å².